The number of hydrogen-bond acceptors (Lipinski definition) is 1. The maximum Gasteiger partial charge on any atom is 0.0593 e. The van der Waals surface area contributed by atoms with E-state index in [0.717, 1.165) is 25.1 Å². The van der Waals surface area contributed by atoms with Crippen LogP contribution in [0, 0.1) is 6.92 Å². The second-order valence-corrected chi connectivity index (χ2v) is 3.80. The highest BCUT2D eigenvalue weighted by Gasteiger charge is 1.95. The van der Waals surface area contributed by atoms with Crippen molar-refractivity contribution in [1.29, 1.82) is 0 Å². The first kappa shape index (κ1) is 12.5. The van der Waals surface area contributed by atoms with Crippen molar-refractivity contribution in [3.05, 3.63) is 54.4 Å². The summed E-state index contributed by atoms with van der Waals surface area (Å²) in [5.41, 5.74) is 2.36. The summed E-state index contributed by atoms with van der Waals surface area (Å²) in [5, 5.41) is 4.35. The zero-order chi connectivity index (χ0) is 11.8. The number of aromatic nitrogens is 2. The van der Waals surface area contributed by atoms with E-state index in [1.54, 1.807) is 0 Å². The molecule has 0 aliphatic carbocycles. The van der Waals surface area contributed by atoms with Crippen LogP contribution >= 0.6 is 0 Å². The van der Waals surface area contributed by atoms with Gasteiger partial charge in [-0.15, -0.1) is 0 Å². The van der Waals surface area contributed by atoms with Crippen molar-refractivity contribution in [2.45, 2.75) is 33.2 Å². The van der Waals surface area contributed by atoms with Gasteiger partial charge >= 0.3 is 0 Å². The molecule has 1 aromatic rings. The number of aryl methyl sites for hydroxylation is 2. The van der Waals surface area contributed by atoms with Gasteiger partial charge in [-0.1, -0.05) is 30.9 Å². The summed E-state index contributed by atoms with van der Waals surface area (Å²) < 4.78 is 1.99. The Labute approximate surface area is 98.0 Å². The molecule has 0 spiro atoms. The topological polar surface area (TPSA) is 17.8 Å². The van der Waals surface area contributed by atoms with E-state index in [2.05, 4.69) is 23.8 Å². The molecule has 1 aromatic heterocycles. The first-order valence-electron chi connectivity index (χ1n) is 5.70. The predicted molar refractivity (Wildman–Crippen MR) is 69.3 cm³/mol. The van der Waals surface area contributed by atoms with E-state index in [1.165, 1.54) is 5.57 Å². The third-order valence-electron chi connectivity index (χ3n) is 2.39. The molecular formula is C14H20N2. The summed E-state index contributed by atoms with van der Waals surface area (Å²) >= 11 is 0. The zero-order valence-electron chi connectivity index (χ0n) is 10.2. The van der Waals surface area contributed by atoms with Crippen LogP contribution in [-0.4, -0.2) is 9.78 Å². The number of allylic oxidation sites excluding steroid dienone is 5. The average Bonchev–Trinajstić information content (AvgIpc) is 2.69. The van der Waals surface area contributed by atoms with E-state index in [-0.39, 0.29) is 0 Å². The lowest BCUT2D eigenvalue weighted by Gasteiger charge is -2.02. The summed E-state index contributed by atoms with van der Waals surface area (Å²) in [6, 6.07) is 2.03. The molecule has 2 nitrogen and oxygen atoms in total. The molecule has 1 heterocycles. The van der Waals surface area contributed by atoms with Crippen LogP contribution in [0.5, 0.6) is 0 Å². The van der Waals surface area contributed by atoms with Crippen molar-refractivity contribution < 1.29 is 0 Å². The Morgan fingerprint density at radius 3 is 2.94 bits per heavy atom. The van der Waals surface area contributed by atoms with Crippen LogP contribution in [0.4, 0.5) is 0 Å². The predicted octanol–water partition coefficient (Wildman–Crippen LogP) is 3.66. The molecule has 0 bridgehead atoms. The Morgan fingerprint density at radius 1 is 1.56 bits per heavy atom. The molecule has 0 saturated carbocycles. The molecule has 0 aliphatic heterocycles. The standard InChI is InChI=1S/C14H20N2/c1-4-6-8-14(5-2)9-7-11-16-12-10-13(3)15-16/h4-6,8,10,12H,2,7,9,11H2,1,3H3/b6-4-,14-8+. The van der Waals surface area contributed by atoms with Crippen LogP contribution in [0.25, 0.3) is 0 Å². The van der Waals surface area contributed by atoms with Crippen molar-refractivity contribution in [2.75, 3.05) is 0 Å². The van der Waals surface area contributed by atoms with Crippen molar-refractivity contribution in [3.8, 4) is 0 Å². The summed E-state index contributed by atoms with van der Waals surface area (Å²) in [5.74, 6) is 0. The highest BCUT2D eigenvalue weighted by atomic mass is 15.3. The highest BCUT2D eigenvalue weighted by molar-refractivity contribution is 5.21. The van der Waals surface area contributed by atoms with Gasteiger partial charge in [0.1, 0.15) is 0 Å². The molecule has 0 radical (unpaired) electrons. The molecule has 16 heavy (non-hydrogen) atoms. The van der Waals surface area contributed by atoms with Crippen molar-refractivity contribution >= 4 is 0 Å². The lowest BCUT2D eigenvalue weighted by Crippen LogP contribution is -1.99. The Bertz CT molecular complexity index is 383. The van der Waals surface area contributed by atoms with Crippen LogP contribution in [0.15, 0.2) is 48.7 Å². The molecule has 0 fully saturated rings. The van der Waals surface area contributed by atoms with E-state index in [9.17, 15) is 0 Å². The second kappa shape index (κ2) is 6.83. The summed E-state index contributed by atoms with van der Waals surface area (Å²) in [7, 11) is 0. The Kier molecular flexibility index (Phi) is 5.34. The van der Waals surface area contributed by atoms with Gasteiger partial charge in [-0.05, 0) is 38.3 Å². The lowest BCUT2D eigenvalue weighted by molar-refractivity contribution is 0.576. The van der Waals surface area contributed by atoms with E-state index in [0.29, 0.717) is 0 Å². The molecule has 0 aliphatic rings. The van der Waals surface area contributed by atoms with E-state index in [4.69, 9.17) is 0 Å². The van der Waals surface area contributed by atoms with E-state index >= 15 is 0 Å². The molecule has 0 unspecified atom stereocenters. The fourth-order valence-electron chi connectivity index (χ4n) is 1.51. The SMILES string of the molecule is C=C/C(=C\C=C/C)CCCn1ccc(C)n1. The molecule has 0 amide bonds. The minimum Gasteiger partial charge on any atom is -0.272 e. The number of rotatable bonds is 6. The second-order valence-electron chi connectivity index (χ2n) is 3.80. The summed E-state index contributed by atoms with van der Waals surface area (Å²) in [4.78, 5) is 0. The largest absolute Gasteiger partial charge is 0.272 e. The molecule has 86 valence electrons. The van der Waals surface area contributed by atoms with Gasteiger partial charge in [-0.2, -0.15) is 5.10 Å². The molecule has 0 saturated heterocycles. The molecular weight excluding hydrogens is 196 g/mol. The fourth-order valence-corrected chi connectivity index (χ4v) is 1.51. The Morgan fingerprint density at radius 2 is 2.38 bits per heavy atom. The Hall–Kier alpha value is -1.57. The Balaban J connectivity index is 2.36. The zero-order valence-corrected chi connectivity index (χ0v) is 10.2. The third-order valence-corrected chi connectivity index (χ3v) is 2.39. The molecule has 1 rings (SSSR count). The van der Waals surface area contributed by atoms with Crippen LogP contribution < -0.4 is 0 Å². The summed E-state index contributed by atoms with van der Waals surface area (Å²) in [6.07, 6.45) is 12.3. The van der Waals surface area contributed by atoms with Gasteiger partial charge in [0.05, 0.1) is 5.69 Å². The first-order valence-corrected chi connectivity index (χ1v) is 5.70. The van der Waals surface area contributed by atoms with Gasteiger partial charge in [0.2, 0.25) is 0 Å². The molecule has 0 N–H and O–H groups in total. The quantitative estimate of drug-likeness (QED) is 0.663. The van der Waals surface area contributed by atoms with Gasteiger partial charge in [-0.3, -0.25) is 4.68 Å². The van der Waals surface area contributed by atoms with Gasteiger partial charge < -0.3 is 0 Å². The van der Waals surface area contributed by atoms with Gasteiger partial charge in [0, 0.05) is 12.7 Å². The number of nitrogens with zero attached hydrogens (tertiary/aromatic N) is 2. The smallest absolute Gasteiger partial charge is 0.0593 e. The van der Waals surface area contributed by atoms with Crippen LogP contribution in [-0.2, 0) is 6.54 Å². The fraction of sp³-hybridized carbons (Fsp3) is 0.357. The molecule has 2 heteroatoms. The minimum atomic E-state index is 0.967. The maximum atomic E-state index is 4.35. The highest BCUT2D eigenvalue weighted by Crippen LogP contribution is 2.08. The maximum absolute atomic E-state index is 4.35. The lowest BCUT2D eigenvalue weighted by atomic mass is 10.1. The number of hydrogen-bond donors (Lipinski definition) is 0. The van der Waals surface area contributed by atoms with Gasteiger partial charge in [0.15, 0.2) is 0 Å². The van der Waals surface area contributed by atoms with Crippen LogP contribution in [0.2, 0.25) is 0 Å². The van der Waals surface area contributed by atoms with Crippen LogP contribution in [0.3, 0.4) is 0 Å². The monoisotopic (exact) mass is 216 g/mol. The first-order chi connectivity index (χ1) is 7.76. The normalized spacial score (nSPS) is 12.2. The van der Waals surface area contributed by atoms with Gasteiger partial charge in [-0.25, -0.2) is 0 Å². The van der Waals surface area contributed by atoms with E-state index < -0.39 is 0 Å². The average molecular weight is 216 g/mol. The summed E-state index contributed by atoms with van der Waals surface area (Å²) in [6.45, 7) is 8.82. The third kappa shape index (κ3) is 4.30. The minimum absolute atomic E-state index is 0.967. The van der Waals surface area contributed by atoms with Crippen molar-refractivity contribution in [3.63, 3.8) is 0 Å². The van der Waals surface area contributed by atoms with E-state index in [1.807, 2.05) is 42.9 Å². The van der Waals surface area contributed by atoms with Crippen molar-refractivity contribution in [2.24, 2.45) is 0 Å². The van der Waals surface area contributed by atoms with Crippen molar-refractivity contribution in [1.82, 2.24) is 9.78 Å². The molecule has 0 atom stereocenters. The molecule has 0 aromatic carbocycles. The van der Waals surface area contributed by atoms with Gasteiger partial charge in [0.25, 0.3) is 0 Å². The van der Waals surface area contributed by atoms with Crippen LogP contribution in [0.1, 0.15) is 25.5 Å².